The molecule has 100 valence electrons. The monoisotopic (exact) mass is 271 g/mol. The molecule has 1 aromatic heterocycles. The topological polar surface area (TPSA) is 91.3 Å². The Kier molecular flexibility index (Phi) is 4.28. The predicted molar refractivity (Wildman–Crippen MR) is 69.9 cm³/mol. The van der Waals surface area contributed by atoms with Crippen LogP contribution in [0.5, 0.6) is 0 Å². The van der Waals surface area contributed by atoms with Crippen LogP contribution >= 0.6 is 11.3 Å². The zero-order chi connectivity index (χ0) is 13.9. The van der Waals surface area contributed by atoms with E-state index in [4.69, 9.17) is 5.11 Å². The fraction of sp³-hybridized carbons (Fsp3) is 0.545. The number of carboxylic acid groups (broad SMARTS) is 1. The number of aromatic nitrogens is 1. The van der Waals surface area contributed by atoms with E-state index in [2.05, 4.69) is 15.6 Å². The van der Waals surface area contributed by atoms with Gasteiger partial charge in [-0.25, -0.2) is 14.6 Å². The van der Waals surface area contributed by atoms with Crippen molar-refractivity contribution in [1.29, 1.82) is 0 Å². The highest BCUT2D eigenvalue weighted by Crippen LogP contribution is 2.20. The van der Waals surface area contributed by atoms with Gasteiger partial charge in [0.1, 0.15) is 6.04 Å². The van der Waals surface area contributed by atoms with Crippen LogP contribution in [0.4, 0.5) is 9.93 Å². The van der Waals surface area contributed by atoms with Gasteiger partial charge in [0.15, 0.2) is 5.13 Å². The van der Waals surface area contributed by atoms with E-state index >= 15 is 0 Å². The molecular formula is C11H17N3O3S. The van der Waals surface area contributed by atoms with Crippen molar-refractivity contribution in [2.24, 2.45) is 5.41 Å². The maximum atomic E-state index is 11.7. The van der Waals surface area contributed by atoms with Crippen molar-refractivity contribution in [3.8, 4) is 0 Å². The molecule has 0 spiro atoms. The van der Waals surface area contributed by atoms with Crippen molar-refractivity contribution in [3.63, 3.8) is 0 Å². The van der Waals surface area contributed by atoms with E-state index in [1.807, 2.05) is 6.92 Å². The molecule has 1 heterocycles. The molecule has 1 rings (SSSR count). The lowest BCUT2D eigenvalue weighted by atomic mass is 9.87. The molecule has 0 saturated heterocycles. The van der Waals surface area contributed by atoms with Gasteiger partial charge >= 0.3 is 12.0 Å². The summed E-state index contributed by atoms with van der Waals surface area (Å²) >= 11 is 1.33. The Labute approximate surface area is 109 Å². The molecule has 1 aromatic rings. The molecule has 1 atom stereocenters. The highest BCUT2D eigenvalue weighted by atomic mass is 32.1. The molecule has 0 unspecified atom stereocenters. The zero-order valence-corrected chi connectivity index (χ0v) is 11.6. The summed E-state index contributed by atoms with van der Waals surface area (Å²) in [5.41, 5.74) is -0.567. The van der Waals surface area contributed by atoms with Crippen molar-refractivity contribution in [2.75, 3.05) is 5.32 Å². The number of hydrogen-bond acceptors (Lipinski definition) is 4. The Morgan fingerprint density at radius 3 is 2.44 bits per heavy atom. The summed E-state index contributed by atoms with van der Waals surface area (Å²) in [6, 6.07) is -1.52. The minimum absolute atomic E-state index is 0.447. The summed E-state index contributed by atoms with van der Waals surface area (Å²) in [6.07, 6.45) is 1.64. The number of thiazole rings is 1. The molecule has 0 aliphatic rings. The largest absolute Gasteiger partial charge is 0.480 e. The van der Waals surface area contributed by atoms with Crippen LogP contribution in [0.25, 0.3) is 0 Å². The SMILES string of the molecule is Cc1cnc(NC(=O)N[C@H](C(=O)O)C(C)(C)C)s1. The van der Waals surface area contributed by atoms with Crippen molar-refractivity contribution in [3.05, 3.63) is 11.1 Å². The molecule has 0 radical (unpaired) electrons. The number of nitrogens with one attached hydrogen (secondary N) is 2. The van der Waals surface area contributed by atoms with Crippen molar-refractivity contribution >= 4 is 28.5 Å². The van der Waals surface area contributed by atoms with E-state index in [-0.39, 0.29) is 0 Å². The number of aryl methyl sites for hydroxylation is 1. The van der Waals surface area contributed by atoms with Gasteiger partial charge in [0.05, 0.1) is 0 Å². The first-order valence-corrected chi connectivity index (χ1v) is 6.24. The molecule has 0 saturated carbocycles. The van der Waals surface area contributed by atoms with Gasteiger partial charge in [-0.3, -0.25) is 5.32 Å². The Morgan fingerprint density at radius 2 is 2.06 bits per heavy atom. The second-order valence-corrected chi connectivity index (χ2v) is 6.25. The molecule has 0 aliphatic carbocycles. The minimum Gasteiger partial charge on any atom is -0.480 e. The van der Waals surface area contributed by atoms with Crippen molar-refractivity contribution in [2.45, 2.75) is 33.7 Å². The molecule has 0 aromatic carbocycles. The highest BCUT2D eigenvalue weighted by Gasteiger charge is 2.32. The molecule has 0 bridgehead atoms. The van der Waals surface area contributed by atoms with Gasteiger partial charge in [-0.2, -0.15) is 0 Å². The number of carbonyl (C=O) groups is 2. The van der Waals surface area contributed by atoms with Gasteiger partial charge in [-0.15, -0.1) is 11.3 Å². The van der Waals surface area contributed by atoms with Crippen LogP contribution in [0.2, 0.25) is 0 Å². The van der Waals surface area contributed by atoms with Gasteiger partial charge in [-0.05, 0) is 12.3 Å². The number of aliphatic carboxylic acids is 1. The van der Waals surface area contributed by atoms with Crippen molar-refractivity contribution < 1.29 is 14.7 Å². The lowest BCUT2D eigenvalue weighted by Gasteiger charge is -2.27. The molecule has 2 amide bonds. The van der Waals surface area contributed by atoms with Gasteiger partial charge < -0.3 is 10.4 Å². The maximum absolute atomic E-state index is 11.7. The second kappa shape index (κ2) is 5.34. The molecule has 3 N–H and O–H groups in total. The number of urea groups is 1. The number of amides is 2. The Balaban J connectivity index is 2.65. The second-order valence-electron chi connectivity index (χ2n) is 5.01. The van der Waals surface area contributed by atoms with E-state index < -0.39 is 23.5 Å². The van der Waals surface area contributed by atoms with Crippen LogP contribution < -0.4 is 10.6 Å². The Bertz CT molecular complexity index is 451. The third kappa shape index (κ3) is 3.99. The first-order chi connectivity index (χ1) is 8.20. The fourth-order valence-electron chi connectivity index (χ4n) is 1.33. The summed E-state index contributed by atoms with van der Waals surface area (Å²) < 4.78 is 0. The number of hydrogen-bond donors (Lipinski definition) is 3. The molecule has 7 heteroatoms. The highest BCUT2D eigenvalue weighted by molar-refractivity contribution is 7.15. The van der Waals surface area contributed by atoms with E-state index in [9.17, 15) is 9.59 Å². The Hall–Kier alpha value is -1.63. The summed E-state index contributed by atoms with van der Waals surface area (Å²) in [4.78, 5) is 27.7. The minimum atomic E-state index is -1.06. The normalized spacial score (nSPS) is 12.9. The quantitative estimate of drug-likeness (QED) is 0.784. The van der Waals surface area contributed by atoms with Crippen LogP contribution in [-0.2, 0) is 4.79 Å². The van der Waals surface area contributed by atoms with E-state index in [1.54, 1.807) is 27.0 Å². The summed E-state index contributed by atoms with van der Waals surface area (Å²) in [7, 11) is 0. The van der Waals surface area contributed by atoms with Gasteiger partial charge in [-0.1, -0.05) is 20.8 Å². The fourth-order valence-corrected chi connectivity index (χ4v) is 1.99. The van der Waals surface area contributed by atoms with Crippen LogP contribution in [0.3, 0.4) is 0 Å². The molecule has 0 aliphatic heterocycles. The molecule has 0 fully saturated rings. The predicted octanol–water partition coefficient (Wildman–Crippen LogP) is 2.07. The van der Waals surface area contributed by atoms with E-state index in [0.29, 0.717) is 5.13 Å². The number of anilines is 1. The average molecular weight is 271 g/mol. The maximum Gasteiger partial charge on any atom is 0.326 e. The van der Waals surface area contributed by atoms with Crippen LogP contribution in [0.15, 0.2) is 6.20 Å². The van der Waals surface area contributed by atoms with Gasteiger partial charge in [0, 0.05) is 11.1 Å². The first-order valence-electron chi connectivity index (χ1n) is 5.43. The average Bonchev–Trinajstić information content (AvgIpc) is 2.58. The molecule has 6 nitrogen and oxygen atoms in total. The zero-order valence-electron chi connectivity index (χ0n) is 10.8. The van der Waals surface area contributed by atoms with Crippen molar-refractivity contribution in [1.82, 2.24) is 10.3 Å². The van der Waals surface area contributed by atoms with Crippen LogP contribution in [0, 0.1) is 12.3 Å². The van der Waals surface area contributed by atoms with E-state index in [1.165, 1.54) is 11.3 Å². The number of nitrogens with zero attached hydrogens (tertiary/aromatic N) is 1. The lowest BCUT2D eigenvalue weighted by Crippen LogP contribution is -2.50. The van der Waals surface area contributed by atoms with Crippen LogP contribution in [0.1, 0.15) is 25.6 Å². The van der Waals surface area contributed by atoms with Gasteiger partial charge in [0.2, 0.25) is 0 Å². The molecule has 18 heavy (non-hydrogen) atoms. The summed E-state index contributed by atoms with van der Waals surface area (Å²) in [5.74, 6) is -1.06. The van der Waals surface area contributed by atoms with Gasteiger partial charge in [0.25, 0.3) is 0 Å². The third-order valence-corrected chi connectivity index (χ3v) is 3.06. The summed E-state index contributed by atoms with van der Waals surface area (Å²) in [5, 5.41) is 14.5. The smallest absolute Gasteiger partial charge is 0.326 e. The van der Waals surface area contributed by atoms with Crippen LogP contribution in [-0.4, -0.2) is 28.1 Å². The standard InChI is InChI=1S/C11H17N3O3S/c1-6-5-12-10(18-6)14-9(17)13-7(8(15)16)11(2,3)4/h5,7H,1-4H3,(H,15,16)(H2,12,13,14,17)/t7-/m1/s1. The van der Waals surface area contributed by atoms with E-state index in [0.717, 1.165) is 4.88 Å². The first kappa shape index (κ1) is 14.4. The lowest BCUT2D eigenvalue weighted by molar-refractivity contribution is -0.141. The number of carboxylic acids is 1. The molecular weight excluding hydrogens is 254 g/mol. The number of carbonyl (C=O) groups excluding carboxylic acids is 1. The summed E-state index contributed by atoms with van der Waals surface area (Å²) in [6.45, 7) is 7.12. The third-order valence-electron chi connectivity index (χ3n) is 2.23. The Morgan fingerprint density at radius 1 is 1.44 bits per heavy atom. The number of rotatable bonds is 3.